The summed E-state index contributed by atoms with van der Waals surface area (Å²) in [5.41, 5.74) is 6.59. The lowest BCUT2D eigenvalue weighted by atomic mass is 10.3. The van der Waals surface area contributed by atoms with Crippen LogP contribution < -0.4 is 15.8 Å². The quantitative estimate of drug-likeness (QED) is 0.120. The highest BCUT2D eigenvalue weighted by atomic mass is 32.2. The Labute approximate surface area is 223 Å². The summed E-state index contributed by atoms with van der Waals surface area (Å²) in [6.45, 7) is -0.274. The van der Waals surface area contributed by atoms with Gasteiger partial charge in [-0.3, -0.25) is 10.2 Å². The minimum absolute atomic E-state index is 0.0434. The number of hydrogen-bond acceptors (Lipinski definition) is 10. The number of halogens is 3. The molecule has 0 aliphatic carbocycles. The minimum atomic E-state index is -4.85. The molecular formula is C22H19F3N6O6S2. The van der Waals surface area contributed by atoms with Crippen LogP contribution in [0, 0.1) is 0 Å². The number of amidine groups is 1. The summed E-state index contributed by atoms with van der Waals surface area (Å²) in [7, 11) is -4.09. The molecule has 39 heavy (non-hydrogen) atoms. The van der Waals surface area contributed by atoms with Gasteiger partial charge in [0.1, 0.15) is 33.3 Å². The van der Waals surface area contributed by atoms with E-state index in [4.69, 9.17) is 10.2 Å². The summed E-state index contributed by atoms with van der Waals surface area (Å²) in [6, 6.07) is 12.2. The first-order valence-corrected chi connectivity index (χ1v) is 13.1. The zero-order valence-corrected chi connectivity index (χ0v) is 21.3. The molecule has 0 saturated heterocycles. The second-order valence-electron chi connectivity index (χ2n) is 7.71. The Balaban J connectivity index is 1.40. The van der Waals surface area contributed by atoms with E-state index in [1.54, 1.807) is 24.3 Å². The van der Waals surface area contributed by atoms with E-state index < -0.39 is 28.2 Å². The van der Waals surface area contributed by atoms with E-state index in [9.17, 15) is 26.4 Å². The number of anilines is 1. The van der Waals surface area contributed by atoms with Crippen molar-refractivity contribution in [2.75, 3.05) is 11.9 Å². The van der Waals surface area contributed by atoms with Crippen LogP contribution in [-0.4, -0.2) is 46.3 Å². The maximum Gasteiger partial charge on any atom is 0.573 e. The highest BCUT2D eigenvalue weighted by Crippen LogP contribution is 2.26. The average Bonchev–Trinajstić information content (AvgIpc) is 3.57. The molecule has 2 aromatic heterocycles. The molecule has 0 aliphatic heterocycles. The van der Waals surface area contributed by atoms with Crippen molar-refractivity contribution >= 4 is 50.4 Å². The van der Waals surface area contributed by atoms with Crippen LogP contribution >= 0.6 is 11.7 Å². The molecule has 0 saturated carbocycles. The van der Waals surface area contributed by atoms with E-state index in [0.717, 1.165) is 40.3 Å². The standard InChI is InChI=1S/C22H19F3N6O6S2/c23-22(24,25)36-15-8-6-14(7-9-15)27-21(32)37-28-19(26)10-11-31(13-16-3-2-12-35-16)39(33,34)18-5-1-4-17-20(18)30-38-29-17/h1-9,12H,10-11,13H2,(H2,26,28)(H,27,32). The SMILES string of the molecule is N/C(CCN(Cc1ccco1)S(=O)(=O)c1cccc2nsnc12)=N/OC(=O)Nc1ccc(OC(F)(F)F)cc1. The molecule has 0 aliphatic rings. The number of carbonyl (C=O) groups excluding carboxylic acids is 1. The number of fused-ring (bicyclic) bond motifs is 1. The maximum absolute atomic E-state index is 13.5. The Morgan fingerprint density at radius 3 is 2.59 bits per heavy atom. The number of nitrogens with one attached hydrogen (secondary N) is 1. The number of sulfonamides is 1. The second kappa shape index (κ2) is 11.7. The fourth-order valence-electron chi connectivity index (χ4n) is 3.25. The van der Waals surface area contributed by atoms with E-state index in [-0.39, 0.29) is 41.4 Å². The van der Waals surface area contributed by atoms with Crippen molar-refractivity contribution in [1.82, 2.24) is 13.1 Å². The van der Waals surface area contributed by atoms with Gasteiger partial charge in [-0.1, -0.05) is 11.2 Å². The summed E-state index contributed by atoms with van der Waals surface area (Å²) in [6.07, 6.45) is -4.64. The number of furan rings is 1. The molecule has 2 heterocycles. The van der Waals surface area contributed by atoms with Gasteiger partial charge in [0.05, 0.1) is 24.5 Å². The van der Waals surface area contributed by atoms with E-state index in [1.807, 2.05) is 0 Å². The molecule has 12 nitrogen and oxygen atoms in total. The molecule has 3 N–H and O–H groups in total. The minimum Gasteiger partial charge on any atom is -0.468 e. The molecule has 2 aromatic carbocycles. The number of hydrogen-bond donors (Lipinski definition) is 2. The van der Waals surface area contributed by atoms with Crippen LogP contribution in [0.4, 0.5) is 23.7 Å². The van der Waals surface area contributed by atoms with E-state index >= 15 is 0 Å². The predicted molar refractivity (Wildman–Crippen MR) is 133 cm³/mol. The highest BCUT2D eigenvalue weighted by Gasteiger charge is 2.31. The van der Waals surface area contributed by atoms with Crippen LogP contribution in [0.5, 0.6) is 5.75 Å². The van der Waals surface area contributed by atoms with Gasteiger partial charge in [-0.05, 0) is 48.5 Å². The Hall–Kier alpha value is -4.22. The Morgan fingerprint density at radius 2 is 1.90 bits per heavy atom. The number of carbonyl (C=O) groups is 1. The summed E-state index contributed by atoms with van der Waals surface area (Å²) < 4.78 is 82.1. The van der Waals surface area contributed by atoms with Crippen molar-refractivity contribution < 1.29 is 40.4 Å². The Morgan fingerprint density at radius 1 is 1.13 bits per heavy atom. The first kappa shape index (κ1) is 27.8. The number of rotatable bonds is 10. The molecule has 0 fully saturated rings. The summed E-state index contributed by atoms with van der Waals surface area (Å²) in [4.78, 5) is 16.6. The van der Waals surface area contributed by atoms with Gasteiger partial charge >= 0.3 is 12.5 Å². The maximum atomic E-state index is 13.5. The second-order valence-corrected chi connectivity index (χ2v) is 10.1. The number of oxime groups is 1. The van der Waals surface area contributed by atoms with Crippen LogP contribution in [0.2, 0.25) is 0 Å². The number of amides is 1. The Kier molecular flexibility index (Phi) is 8.32. The molecular weight excluding hydrogens is 565 g/mol. The first-order valence-electron chi connectivity index (χ1n) is 10.9. The monoisotopic (exact) mass is 584 g/mol. The van der Waals surface area contributed by atoms with Gasteiger partial charge in [-0.15, -0.1) is 13.2 Å². The fourth-order valence-corrected chi connectivity index (χ4v) is 5.41. The van der Waals surface area contributed by atoms with Crippen LogP contribution in [0.25, 0.3) is 11.0 Å². The normalized spacial score (nSPS) is 12.6. The number of ether oxygens (including phenoxy) is 1. The molecule has 17 heteroatoms. The largest absolute Gasteiger partial charge is 0.573 e. The van der Waals surface area contributed by atoms with E-state index in [1.165, 1.54) is 12.3 Å². The number of alkyl halides is 3. The zero-order chi connectivity index (χ0) is 28.0. The molecule has 4 aromatic rings. The third-order valence-corrected chi connectivity index (χ3v) is 7.40. The molecule has 1 amide bonds. The van der Waals surface area contributed by atoms with Crippen molar-refractivity contribution in [3.8, 4) is 5.75 Å². The van der Waals surface area contributed by atoms with Crippen LogP contribution in [0.1, 0.15) is 12.2 Å². The molecule has 4 rings (SSSR count). The van der Waals surface area contributed by atoms with Gasteiger partial charge in [0.15, 0.2) is 0 Å². The van der Waals surface area contributed by atoms with Gasteiger partial charge in [-0.2, -0.15) is 13.1 Å². The average molecular weight is 585 g/mol. The molecule has 206 valence electrons. The van der Waals surface area contributed by atoms with Crippen LogP contribution in [0.15, 0.2) is 75.3 Å². The molecule has 0 unspecified atom stereocenters. The van der Waals surface area contributed by atoms with Crippen molar-refractivity contribution in [2.45, 2.75) is 24.2 Å². The third kappa shape index (κ3) is 7.43. The molecule has 0 atom stereocenters. The summed E-state index contributed by atoms with van der Waals surface area (Å²) >= 11 is 0.885. The van der Waals surface area contributed by atoms with Crippen LogP contribution in [-0.2, 0) is 21.4 Å². The highest BCUT2D eigenvalue weighted by molar-refractivity contribution is 7.89. The van der Waals surface area contributed by atoms with E-state index in [0.29, 0.717) is 11.3 Å². The van der Waals surface area contributed by atoms with Crippen molar-refractivity contribution in [2.24, 2.45) is 10.9 Å². The first-order chi connectivity index (χ1) is 18.5. The fraction of sp³-hybridized carbons (Fsp3) is 0.182. The lowest BCUT2D eigenvalue weighted by molar-refractivity contribution is -0.274. The van der Waals surface area contributed by atoms with Gasteiger partial charge in [0, 0.05) is 18.7 Å². The topological polar surface area (TPSA) is 162 Å². The van der Waals surface area contributed by atoms with E-state index in [2.05, 4.69) is 28.8 Å². The van der Waals surface area contributed by atoms with Crippen molar-refractivity contribution in [1.29, 1.82) is 0 Å². The lowest BCUT2D eigenvalue weighted by Crippen LogP contribution is -2.34. The Bertz CT molecular complexity index is 1560. The number of nitrogens with two attached hydrogens (primary N) is 1. The van der Waals surface area contributed by atoms with Gasteiger partial charge < -0.3 is 14.9 Å². The number of nitrogens with zero attached hydrogens (tertiary/aromatic N) is 4. The predicted octanol–water partition coefficient (Wildman–Crippen LogP) is 4.28. The molecule has 0 spiro atoms. The third-order valence-electron chi connectivity index (χ3n) is 4.98. The van der Waals surface area contributed by atoms with Gasteiger partial charge in [0.25, 0.3) is 0 Å². The lowest BCUT2D eigenvalue weighted by Gasteiger charge is -2.21. The number of aromatic nitrogens is 2. The van der Waals surface area contributed by atoms with Crippen LogP contribution in [0.3, 0.4) is 0 Å². The van der Waals surface area contributed by atoms with Crippen molar-refractivity contribution in [3.63, 3.8) is 0 Å². The molecule has 0 radical (unpaired) electrons. The summed E-state index contributed by atoms with van der Waals surface area (Å²) in [5, 5.41) is 5.75. The number of benzene rings is 2. The van der Waals surface area contributed by atoms with Crippen molar-refractivity contribution in [3.05, 3.63) is 66.6 Å². The van der Waals surface area contributed by atoms with Gasteiger partial charge in [0.2, 0.25) is 10.0 Å². The smallest absolute Gasteiger partial charge is 0.468 e. The zero-order valence-electron chi connectivity index (χ0n) is 19.7. The summed E-state index contributed by atoms with van der Waals surface area (Å²) in [5.74, 6) is -0.299. The molecule has 0 bridgehead atoms. The van der Waals surface area contributed by atoms with Gasteiger partial charge in [-0.25, -0.2) is 13.2 Å².